The molecule has 0 spiro atoms. The number of carbonyl (C=O) groups is 1. The molecule has 1 aromatic carbocycles. The number of amides is 1. The SMILES string of the molecule is Cc1cc(C)c(C)c(OCCCNC(=O)CSC(=S)N2CCCC2)c1. The van der Waals surface area contributed by atoms with Crippen molar-refractivity contribution >= 4 is 34.2 Å². The van der Waals surface area contributed by atoms with Gasteiger partial charge in [-0.3, -0.25) is 4.79 Å². The van der Waals surface area contributed by atoms with Crippen LogP contribution in [-0.4, -0.2) is 47.1 Å². The first-order valence-electron chi connectivity index (χ1n) is 8.86. The predicted molar refractivity (Wildman–Crippen MR) is 110 cm³/mol. The number of aryl methyl sites for hydroxylation is 2. The molecule has 4 nitrogen and oxygen atoms in total. The van der Waals surface area contributed by atoms with E-state index >= 15 is 0 Å². The van der Waals surface area contributed by atoms with Crippen molar-refractivity contribution in [1.82, 2.24) is 10.2 Å². The lowest BCUT2D eigenvalue weighted by atomic mass is 10.1. The highest BCUT2D eigenvalue weighted by molar-refractivity contribution is 8.23. The number of carbonyl (C=O) groups excluding carboxylic acids is 1. The van der Waals surface area contributed by atoms with Crippen molar-refractivity contribution < 1.29 is 9.53 Å². The maximum atomic E-state index is 11.9. The van der Waals surface area contributed by atoms with E-state index in [1.807, 2.05) is 0 Å². The van der Waals surface area contributed by atoms with Gasteiger partial charge in [0, 0.05) is 19.6 Å². The van der Waals surface area contributed by atoms with Gasteiger partial charge in [-0.2, -0.15) is 0 Å². The first-order valence-corrected chi connectivity index (χ1v) is 10.3. The van der Waals surface area contributed by atoms with Crippen LogP contribution in [0, 0.1) is 20.8 Å². The Bertz CT molecular complexity index is 614. The lowest BCUT2D eigenvalue weighted by Crippen LogP contribution is -2.29. The highest BCUT2D eigenvalue weighted by atomic mass is 32.2. The van der Waals surface area contributed by atoms with Gasteiger partial charge in [0.15, 0.2) is 0 Å². The molecule has 0 saturated carbocycles. The van der Waals surface area contributed by atoms with Crippen LogP contribution in [0.2, 0.25) is 0 Å². The van der Waals surface area contributed by atoms with Crippen molar-refractivity contribution in [3.05, 3.63) is 28.8 Å². The standard InChI is InChI=1S/C19H28N2O2S2/c1-14-11-15(2)16(3)17(12-14)23-10-6-7-20-18(22)13-25-19(24)21-8-4-5-9-21/h11-12H,4-10,13H2,1-3H3,(H,20,22). The number of ether oxygens (including phenoxy) is 1. The van der Waals surface area contributed by atoms with Gasteiger partial charge < -0.3 is 15.0 Å². The van der Waals surface area contributed by atoms with Crippen LogP contribution in [0.15, 0.2) is 12.1 Å². The summed E-state index contributed by atoms with van der Waals surface area (Å²) in [6, 6.07) is 4.23. The van der Waals surface area contributed by atoms with Crippen LogP contribution in [0.5, 0.6) is 5.75 Å². The molecule has 1 aliphatic rings. The number of likely N-dealkylation sites (tertiary alicyclic amines) is 1. The lowest BCUT2D eigenvalue weighted by Gasteiger charge is -2.17. The van der Waals surface area contributed by atoms with E-state index in [2.05, 4.69) is 43.1 Å². The molecule has 0 atom stereocenters. The quantitative estimate of drug-likeness (QED) is 0.578. The Hall–Kier alpha value is -1.27. The van der Waals surface area contributed by atoms with Crippen LogP contribution in [0.25, 0.3) is 0 Å². The third-order valence-electron chi connectivity index (χ3n) is 4.36. The van der Waals surface area contributed by atoms with Crippen molar-refractivity contribution in [3.63, 3.8) is 0 Å². The first kappa shape index (κ1) is 20.0. The van der Waals surface area contributed by atoms with Crippen molar-refractivity contribution in [3.8, 4) is 5.75 Å². The number of nitrogens with zero attached hydrogens (tertiary/aromatic N) is 1. The lowest BCUT2D eigenvalue weighted by molar-refractivity contribution is -0.118. The van der Waals surface area contributed by atoms with Crippen molar-refractivity contribution in [2.24, 2.45) is 0 Å². The Kier molecular flexibility index (Phi) is 8.03. The number of benzene rings is 1. The van der Waals surface area contributed by atoms with E-state index in [9.17, 15) is 4.79 Å². The monoisotopic (exact) mass is 380 g/mol. The Morgan fingerprint density at radius 1 is 1.28 bits per heavy atom. The summed E-state index contributed by atoms with van der Waals surface area (Å²) in [5.74, 6) is 1.37. The average Bonchev–Trinajstić information content (AvgIpc) is 3.11. The van der Waals surface area contributed by atoms with Gasteiger partial charge in [0.1, 0.15) is 10.1 Å². The molecule has 1 aliphatic heterocycles. The Morgan fingerprint density at radius 2 is 2.00 bits per heavy atom. The van der Waals surface area contributed by atoms with Crippen LogP contribution in [0.4, 0.5) is 0 Å². The van der Waals surface area contributed by atoms with Crippen LogP contribution in [0.1, 0.15) is 36.0 Å². The number of nitrogens with one attached hydrogen (secondary N) is 1. The molecular formula is C19H28N2O2S2. The number of thiocarbonyl (C=S) groups is 1. The zero-order valence-corrected chi connectivity index (χ0v) is 17.0. The minimum Gasteiger partial charge on any atom is -0.493 e. The van der Waals surface area contributed by atoms with Crippen molar-refractivity contribution in [2.45, 2.75) is 40.0 Å². The minimum atomic E-state index is 0.0362. The van der Waals surface area contributed by atoms with Gasteiger partial charge in [0.2, 0.25) is 5.91 Å². The van der Waals surface area contributed by atoms with E-state index in [-0.39, 0.29) is 5.91 Å². The van der Waals surface area contributed by atoms with Gasteiger partial charge in [-0.25, -0.2) is 0 Å². The molecule has 0 unspecified atom stereocenters. The smallest absolute Gasteiger partial charge is 0.230 e. The summed E-state index contributed by atoms with van der Waals surface area (Å²) in [7, 11) is 0. The summed E-state index contributed by atoms with van der Waals surface area (Å²) in [6.07, 6.45) is 3.19. The molecule has 0 aromatic heterocycles. The van der Waals surface area contributed by atoms with Crippen LogP contribution in [0.3, 0.4) is 0 Å². The average molecular weight is 381 g/mol. The van der Waals surface area contributed by atoms with E-state index in [0.717, 1.165) is 29.6 Å². The molecule has 0 bridgehead atoms. The largest absolute Gasteiger partial charge is 0.493 e. The molecule has 1 amide bonds. The maximum absolute atomic E-state index is 11.9. The summed E-state index contributed by atoms with van der Waals surface area (Å²) >= 11 is 6.82. The number of rotatable bonds is 7. The fourth-order valence-corrected chi connectivity index (χ4v) is 3.88. The zero-order chi connectivity index (χ0) is 18.2. The fraction of sp³-hybridized carbons (Fsp3) is 0.579. The van der Waals surface area contributed by atoms with E-state index in [0.29, 0.717) is 18.9 Å². The number of hydrogen-bond donors (Lipinski definition) is 1. The van der Waals surface area contributed by atoms with E-state index in [1.54, 1.807) is 0 Å². The van der Waals surface area contributed by atoms with Gasteiger partial charge in [-0.15, -0.1) is 0 Å². The molecular weight excluding hydrogens is 352 g/mol. The Labute approximate surface area is 160 Å². The molecule has 0 radical (unpaired) electrons. The van der Waals surface area contributed by atoms with E-state index in [1.165, 1.54) is 41.3 Å². The summed E-state index contributed by atoms with van der Waals surface area (Å²) < 4.78 is 6.71. The predicted octanol–water partition coefficient (Wildman–Crippen LogP) is 3.61. The molecule has 0 aliphatic carbocycles. The molecule has 25 heavy (non-hydrogen) atoms. The van der Waals surface area contributed by atoms with Crippen LogP contribution >= 0.6 is 24.0 Å². The molecule has 1 fully saturated rings. The van der Waals surface area contributed by atoms with Crippen molar-refractivity contribution in [1.29, 1.82) is 0 Å². The van der Waals surface area contributed by atoms with Gasteiger partial charge >= 0.3 is 0 Å². The van der Waals surface area contributed by atoms with Gasteiger partial charge in [0.25, 0.3) is 0 Å². The fourth-order valence-electron chi connectivity index (χ4n) is 2.80. The summed E-state index contributed by atoms with van der Waals surface area (Å²) in [4.78, 5) is 14.1. The molecule has 1 N–H and O–H groups in total. The van der Waals surface area contributed by atoms with Gasteiger partial charge in [-0.05, 0) is 62.8 Å². The maximum Gasteiger partial charge on any atom is 0.230 e. The van der Waals surface area contributed by atoms with Gasteiger partial charge in [0.05, 0.1) is 12.4 Å². The third kappa shape index (κ3) is 6.51. The highest BCUT2D eigenvalue weighted by Gasteiger charge is 2.16. The molecule has 6 heteroatoms. The van der Waals surface area contributed by atoms with Crippen LogP contribution in [-0.2, 0) is 4.79 Å². The summed E-state index contributed by atoms with van der Waals surface area (Å²) in [6.45, 7) is 9.53. The summed E-state index contributed by atoms with van der Waals surface area (Å²) in [5, 5.41) is 2.93. The third-order valence-corrected chi connectivity index (χ3v) is 5.88. The second-order valence-corrected chi connectivity index (χ2v) is 8.11. The number of thioether (sulfide) groups is 1. The second-order valence-electron chi connectivity index (χ2n) is 6.51. The normalized spacial score (nSPS) is 13.8. The van der Waals surface area contributed by atoms with E-state index < -0.39 is 0 Å². The van der Waals surface area contributed by atoms with Crippen LogP contribution < -0.4 is 10.1 Å². The highest BCUT2D eigenvalue weighted by Crippen LogP contribution is 2.23. The Balaban J connectivity index is 1.59. The van der Waals surface area contributed by atoms with Crippen molar-refractivity contribution in [2.75, 3.05) is 32.0 Å². The van der Waals surface area contributed by atoms with Gasteiger partial charge in [-0.1, -0.05) is 30.0 Å². The molecule has 138 valence electrons. The molecule has 2 rings (SSSR count). The molecule has 1 heterocycles. The second kappa shape index (κ2) is 10.0. The Morgan fingerprint density at radius 3 is 2.72 bits per heavy atom. The number of hydrogen-bond acceptors (Lipinski definition) is 4. The topological polar surface area (TPSA) is 41.6 Å². The summed E-state index contributed by atoms with van der Waals surface area (Å²) in [5.41, 5.74) is 3.63. The minimum absolute atomic E-state index is 0.0362. The van der Waals surface area contributed by atoms with E-state index in [4.69, 9.17) is 17.0 Å². The molecule has 1 aromatic rings. The first-order chi connectivity index (χ1) is 12.0. The molecule has 1 saturated heterocycles. The zero-order valence-electron chi connectivity index (χ0n) is 15.4.